The van der Waals surface area contributed by atoms with Gasteiger partial charge in [-0.1, -0.05) is 0 Å². The second-order valence-corrected chi connectivity index (χ2v) is 6.35. The van der Waals surface area contributed by atoms with Crippen LogP contribution in [-0.4, -0.2) is 86.1 Å². The third-order valence-electron chi connectivity index (χ3n) is 4.11. The second kappa shape index (κ2) is 9.82. The van der Waals surface area contributed by atoms with Crippen LogP contribution in [0.4, 0.5) is 4.39 Å². The first kappa shape index (κ1) is 19.8. The van der Waals surface area contributed by atoms with Crippen molar-refractivity contribution in [1.29, 1.82) is 0 Å². The predicted octanol–water partition coefficient (Wildman–Crippen LogP) is 0.996. The van der Waals surface area contributed by atoms with Crippen LogP contribution in [0.3, 0.4) is 0 Å². The highest BCUT2D eigenvalue weighted by molar-refractivity contribution is 5.94. The third kappa shape index (κ3) is 6.36. The first-order valence-electron chi connectivity index (χ1n) is 8.55. The van der Waals surface area contributed by atoms with Crippen LogP contribution in [0.2, 0.25) is 0 Å². The first-order valence-corrected chi connectivity index (χ1v) is 8.55. The van der Waals surface area contributed by atoms with E-state index in [1.807, 2.05) is 0 Å². The number of halogens is 1. The summed E-state index contributed by atoms with van der Waals surface area (Å²) in [5.74, 6) is -0.544. The molecule has 1 aliphatic heterocycles. The third-order valence-corrected chi connectivity index (χ3v) is 4.11. The van der Waals surface area contributed by atoms with Gasteiger partial charge in [-0.2, -0.15) is 0 Å². The van der Waals surface area contributed by atoms with Crippen LogP contribution in [0.1, 0.15) is 17.3 Å². The highest BCUT2D eigenvalue weighted by Crippen LogP contribution is 2.12. The Morgan fingerprint density at radius 1 is 1.48 bits per heavy atom. The molecule has 1 N–H and O–H groups in total. The summed E-state index contributed by atoms with van der Waals surface area (Å²) in [7, 11) is 1.59. The molecule has 1 fully saturated rings. The van der Waals surface area contributed by atoms with Gasteiger partial charge in [0, 0.05) is 45.4 Å². The number of rotatable bonds is 8. The molecule has 1 saturated heterocycles. The number of benzene rings is 1. The molecule has 1 aromatic rings. The lowest BCUT2D eigenvalue weighted by molar-refractivity contribution is -0.0503. The fourth-order valence-electron chi connectivity index (χ4n) is 2.93. The first-order chi connectivity index (χ1) is 12.0. The summed E-state index contributed by atoms with van der Waals surface area (Å²) in [6.45, 7) is 5.61. The topological polar surface area (TPSA) is 62.2 Å². The average Bonchev–Trinajstić information content (AvgIpc) is 2.58. The molecule has 0 spiro atoms. The van der Waals surface area contributed by atoms with E-state index < -0.39 is 6.10 Å². The molecular weight excluding hydrogens is 327 g/mol. The van der Waals surface area contributed by atoms with E-state index in [2.05, 4.69) is 4.90 Å². The van der Waals surface area contributed by atoms with Crippen LogP contribution < -0.4 is 0 Å². The van der Waals surface area contributed by atoms with Gasteiger partial charge in [0.2, 0.25) is 0 Å². The highest BCUT2D eigenvalue weighted by Gasteiger charge is 2.26. The highest BCUT2D eigenvalue weighted by atomic mass is 19.1. The molecule has 0 aliphatic carbocycles. The van der Waals surface area contributed by atoms with Gasteiger partial charge in [0.1, 0.15) is 5.82 Å². The van der Waals surface area contributed by atoms with E-state index in [0.29, 0.717) is 45.0 Å². The summed E-state index contributed by atoms with van der Waals surface area (Å²) in [6, 6.07) is 5.53. The Labute approximate surface area is 148 Å². The molecule has 1 heterocycles. The summed E-state index contributed by atoms with van der Waals surface area (Å²) >= 11 is 0. The Morgan fingerprint density at radius 3 is 2.84 bits per heavy atom. The number of hydrogen-bond donors (Lipinski definition) is 1. The molecule has 1 aromatic carbocycles. The zero-order chi connectivity index (χ0) is 18.2. The normalized spacial score (nSPS) is 19.6. The molecule has 7 heteroatoms. The van der Waals surface area contributed by atoms with Crippen molar-refractivity contribution in [2.45, 2.75) is 19.1 Å². The van der Waals surface area contributed by atoms with Crippen LogP contribution in [0.5, 0.6) is 0 Å². The lowest BCUT2D eigenvalue weighted by Crippen LogP contribution is -2.50. The minimum absolute atomic E-state index is 0.131. The minimum atomic E-state index is -0.399. The summed E-state index contributed by atoms with van der Waals surface area (Å²) < 4.78 is 24.0. The van der Waals surface area contributed by atoms with E-state index in [1.54, 1.807) is 18.9 Å². The Kier molecular flexibility index (Phi) is 7.77. The van der Waals surface area contributed by atoms with Gasteiger partial charge in [0.05, 0.1) is 25.4 Å². The van der Waals surface area contributed by atoms with E-state index in [4.69, 9.17) is 9.47 Å². The smallest absolute Gasteiger partial charge is 0.254 e. The number of β-amino-alcohol motifs (C(OH)–C–C–N with tert-alkyl or cyclic N) is 1. The zero-order valence-electron chi connectivity index (χ0n) is 14.9. The number of nitrogens with zero attached hydrogens (tertiary/aromatic N) is 2. The second-order valence-electron chi connectivity index (χ2n) is 6.35. The lowest BCUT2D eigenvalue weighted by Gasteiger charge is -2.36. The average molecular weight is 354 g/mol. The molecule has 0 radical (unpaired) electrons. The number of carbonyl (C=O) groups excluding carboxylic acids is 1. The number of carbonyl (C=O) groups is 1. The largest absolute Gasteiger partial charge is 0.392 e. The number of aliphatic hydroxyl groups excluding tert-OH is 1. The molecule has 1 aliphatic rings. The van der Waals surface area contributed by atoms with Gasteiger partial charge in [-0.25, -0.2) is 4.39 Å². The summed E-state index contributed by atoms with van der Waals surface area (Å²) in [6.07, 6.45) is -0.530. The fraction of sp³-hybridized carbons (Fsp3) is 0.611. The SMILES string of the molecule is COCCN(C[C@H]1CN(C[C@@H](C)O)CCO1)C(=O)c1ccc(F)cc1. The van der Waals surface area contributed by atoms with Gasteiger partial charge in [-0.05, 0) is 31.2 Å². The van der Waals surface area contributed by atoms with Gasteiger partial charge < -0.3 is 19.5 Å². The summed E-state index contributed by atoms with van der Waals surface area (Å²) in [4.78, 5) is 16.5. The molecule has 25 heavy (non-hydrogen) atoms. The maximum Gasteiger partial charge on any atom is 0.254 e. The van der Waals surface area contributed by atoms with Gasteiger partial charge >= 0.3 is 0 Å². The van der Waals surface area contributed by atoms with Crippen molar-refractivity contribution in [2.24, 2.45) is 0 Å². The van der Waals surface area contributed by atoms with Crippen molar-refractivity contribution in [3.63, 3.8) is 0 Å². The predicted molar refractivity (Wildman–Crippen MR) is 92.0 cm³/mol. The molecule has 140 valence electrons. The van der Waals surface area contributed by atoms with Gasteiger partial charge in [0.25, 0.3) is 5.91 Å². The maximum absolute atomic E-state index is 13.1. The van der Waals surface area contributed by atoms with E-state index >= 15 is 0 Å². The maximum atomic E-state index is 13.1. The van der Waals surface area contributed by atoms with E-state index in [9.17, 15) is 14.3 Å². The standard InChI is InChI=1S/C18H27FN2O4/c1-14(22)11-20-7-10-25-17(12-20)13-21(8-9-24-2)18(23)15-3-5-16(19)6-4-15/h3-6,14,17,22H,7-13H2,1-2H3/t14-,17-/m1/s1. The Bertz CT molecular complexity index is 538. The molecule has 6 nitrogen and oxygen atoms in total. The zero-order valence-corrected chi connectivity index (χ0v) is 14.9. The van der Waals surface area contributed by atoms with Crippen LogP contribution in [0.15, 0.2) is 24.3 Å². The minimum Gasteiger partial charge on any atom is -0.392 e. The molecule has 0 aromatic heterocycles. The van der Waals surface area contributed by atoms with Crippen molar-refractivity contribution in [3.8, 4) is 0 Å². The Hall–Kier alpha value is -1.54. The Morgan fingerprint density at radius 2 is 2.20 bits per heavy atom. The van der Waals surface area contributed by atoms with Crippen LogP contribution in [0.25, 0.3) is 0 Å². The van der Waals surface area contributed by atoms with Crippen LogP contribution in [0, 0.1) is 5.82 Å². The number of hydrogen-bond acceptors (Lipinski definition) is 5. The van der Waals surface area contributed by atoms with E-state index in [0.717, 1.165) is 6.54 Å². The number of morpholine rings is 1. The molecule has 1 amide bonds. The van der Waals surface area contributed by atoms with Crippen molar-refractivity contribution < 1.29 is 23.8 Å². The molecular formula is C18H27FN2O4. The Balaban J connectivity index is 2.01. The fourth-order valence-corrected chi connectivity index (χ4v) is 2.93. The molecule has 0 saturated carbocycles. The number of amides is 1. The lowest BCUT2D eigenvalue weighted by atomic mass is 10.1. The van der Waals surface area contributed by atoms with Crippen LogP contribution in [-0.2, 0) is 9.47 Å². The van der Waals surface area contributed by atoms with Gasteiger partial charge in [-0.15, -0.1) is 0 Å². The molecule has 0 bridgehead atoms. The summed E-state index contributed by atoms with van der Waals surface area (Å²) in [5.41, 5.74) is 0.439. The van der Waals surface area contributed by atoms with E-state index in [-0.39, 0.29) is 17.8 Å². The molecule has 0 unspecified atom stereocenters. The van der Waals surface area contributed by atoms with Gasteiger partial charge in [0.15, 0.2) is 0 Å². The quantitative estimate of drug-likeness (QED) is 0.755. The number of methoxy groups -OCH3 is 1. The molecule has 2 atom stereocenters. The monoisotopic (exact) mass is 354 g/mol. The van der Waals surface area contributed by atoms with E-state index in [1.165, 1.54) is 24.3 Å². The number of ether oxygens (including phenoxy) is 2. The van der Waals surface area contributed by atoms with Crippen molar-refractivity contribution in [1.82, 2.24) is 9.80 Å². The van der Waals surface area contributed by atoms with Gasteiger partial charge in [-0.3, -0.25) is 9.69 Å². The molecule has 2 rings (SSSR count). The van der Waals surface area contributed by atoms with Crippen molar-refractivity contribution in [3.05, 3.63) is 35.6 Å². The number of aliphatic hydroxyl groups is 1. The van der Waals surface area contributed by atoms with Crippen LogP contribution >= 0.6 is 0 Å². The summed E-state index contributed by atoms with van der Waals surface area (Å²) in [5, 5.41) is 9.55. The van der Waals surface area contributed by atoms with Crippen molar-refractivity contribution >= 4 is 5.91 Å². The van der Waals surface area contributed by atoms with Crippen molar-refractivity contribution in [2.75, 3.05) is 53.0 Å².